The first kappa shape index (κ1) is 19.0. The van der Waals surface area contributed by atoms with Crippen LogP contribution in [-0.4, -0.2) is 29.0 Å². The smallest absolute Gasteiger partial charge is 0.337 e. The van der Waals surface area contributed by atoms with Crippen LogP contribution >= 0.6 is 0 Å². The van der Waals surface area contributed by atoms with Crippen molar-refractivity contribution in [2.75, 3.05) is 7.11 Å². The molecule has 28 heavy (non-hydrogen) atoms. The number of esters is 1. The first-order valence-corrected chi connectivity index (χ1v) is 8.64. The molecule has 0 aliphatic rings. The number of nitrogens with zero attached hydrogens (tertiary/aromatic N) is 1. The van der Waals surface area contributed by atoms with Crippen LogP contribution in [0.25, 0.3) is 11.4 Å². The zero-order valence-electron chi connectivity index (χ0n) is 15.4. The molecule has 0 bridgehead atoms. The Hall–Kier alpha value is -3.74. The van der Waals surface area contributed by atoms with Gasteiger partial charge in [-0.25, -0.2) is 9.78 Å². The number of ether oxygens (including phenoxy) is 1. The Bertz CT molecular complexity index is 1040. The zero-order valence-corrected chi connectivity index (χ0v) is 15.4. The van der Waals surface area contributed by atoms with Crippen LogP contribution in [-0.2, 0) is 4.74 Å². The van der Waals surface area contributed by atoms with Crippen molar-refractivity contribution in [2.24, 2.45) is 0 Å². The summed E-state index contributed by atoms with van der Waals surface area (Å²) in [6.45, 7) is 1.80. The van der Waals surface area contributed by atoms with Crippen molar-refractivity contribution in [2.45, 2.75) is 13.0 Å². The number of H-pyrrole nitrogens is 1. The third kappa shape index (κ3) is 4.32. The SMILES string of the molecule is COC(=O)c1ccc([C@@H](C)NC(=O)c2cc(=O)[nH]c(-c3ccccc3)n2)cc1. The summed E-state index contributed by atoms with van der Waals surface area (Å²) in [5.41, 5.74) is 1.55. The summed E-state index contributed by atoms with van der Waals surface area (Å²) in [7, 11) is 1.32. The highest BCUT2D eigenvalue weighted by Gasteiger charge is 2.15. The van der Waals surface area contributed by atoms with Crippen molar-refractivity contribution < 1.29 is 14.3 Å². The molecule has 1 atom stereocenters. The monoisotopic (exact) mass is 377 g/mol. The Morgan fingerprint density at radius 2 is 1.75 bits per heavy atom. The van der Waals surface area contributed by atoms with Crippen molar-refractivity contribution >= 4 is 11.9 Å². The maximum Gasteiger partial charge on any atom is 0.337 e. The average molecular weight is 377 g/mol. The summed E-state index contributed by atoms with van der Waals surface area (Å²) in [6, 6.07) is 16.6. The molecule has 0 unspecified atom stereocenters. The second-order valence-corrected chi connectivity index (χ2v) is 6.15. The van der Waals surface area contributed by atoms with Crippen molar-refractivity contribution in [1.29, 1.82) is 0 Å². The number of benzene rings is 2. The number of rotatable bonds is 5. The third-order valence-corrected chi connectivity index (χ3v) is 4.20. The number of nitrogens with one attached hydrogen (secondary N) is 2. The first-order chi connectivity index (χ1) is 13.5. The molecule has 3 aromatic rings. The summed E-state index contributed by atoms with van der Waals surface area (Å²) in [5, 5.41) is 2.81. The molecule has 142 valence electrons. The van der Waals surface area contributed by atoms with E-state index in [0.717, 1.165) is 11.6 Å². The molecular formula is C21H19N3O4. The van der Waals surface area contributed by atoms with Gasteiger partial charge >= 0.3 is 5.97 Å². The number of aromatic nitrogens is 2. The second-order valence-electron chi connectivity index (χ2n) is 6.15. The van der Waals surface area contributed by atoms with Crippen molar-refractivity contribution in [3.63, 3.8) is 0 Å². The fraction of sp³-hybridized carbons (Fsp3) is 0.143. The molecule has 0 saturated heterocycles. The molecule has 0 spiro atoms. The lowest BCUT2D eigenvalue weighted by Gasteiger charge is -2.14. The van der Waals surface area contributed by atoms with E-state index in [1.165, 1.54) is 7.11 Å². The third-order valence-electron chi connectivity index (χ3n) is 4.20. The predicted molar refractivity (Wildman–Crippen MR) is 104 cm³/mol. The number of carbonyl (C=O) groups excluding carboxylic acids is 2. The van der Waals surface area contributed by atoms with E-state index in [-0.39, 0.29) is 11.7 Å². The van der Waals surface area contributed by atoms with Crippen molar-refractivity contribution in [3.05, 3.63) is 87.8 Å². The largest absolute Gasteiger partial charge is 0.465 e. The Morgan fingerprint density at radius 1 is 1.07 bits per heavy atom. The molecule has 7 heteroatoms. The molecule has 1 aromatic heterocycles. The maximum absolute atomic E-state index is 12.6. The van der Waals surface area contributed by atoms with Gasteiger partial charge in [-0.05, 0) is 24.6 Å². The number of hydrogen-bond donors (Lipinski definition) is 2. The standard InChI is InChI=1S/C21H19N3O4/c1-13(14-8-10-16(11-9-14)21(27)28-2)22-20(26)17-12-18(25)24-19(23-17)15-6-4-3-5-7-15/h3-13H,1-2H3,(H,22,26)(H,23,24,25)/t13-/m1/s1. The molecule has 0 aliphatic carbocycles. The molecule has 1 amide bonds. The van der Waals surface area contributed by atoms with E-state index in [4.69, 9.17) is 0 Å². The minimum atomic E-state index is -0.465. The molecule has 0 radical (unpaired) electrons. The highest BCUT2D eigenvalue weighted by Crippen LogP contribution is 2.16. The maximum atomic E-state index is 12.6. The Labute approximate surface area is 161 Å². The van der Waals surface area contributed by atoms with E-state index in [0.29, 0.717) is 17.0 Å². The van der Waals surface area contributed by atoms with Crippen LogP contribution in [0.4, 0.5) is 0 Å². The van der Waals surface area contributed by atoms with E-state index >= 15 is 0 Å². The van der Waals surface area contributed by atoms with Gasteiger partial charge in [-0.1, -0.05) is 42.5 Å². The van der Waals surface area contributed by atoms with E-state index in [2.05, 4.69) is 20.0 Å². The van der Waals surface area contributed by atoms with Crippen LogP contribution in [0.3, 0.4) is 0 Å². The first-order valence-electron chi connectivity index (χ1n) is 8.64. The lowest BCUT2D eigenvalue weighted by atomic mass is 10.1. The van der Waals surface area contributed by atoms with Gasteiger partial charge < -0.3 is 15.0 Å². The molecule has 0 aliphatic heterocycles. The number of carbonyl (C=O) groups is 2. The molecule has 7 nitrogen and oxygen atoms in total. The molecule has 2 aromatic carbocycles. The van der Waals surface area contributed by atoms with Gasteiger partial charge in [0.05, 0.1) is 18.7 Å². The van der Waals surface area contributed by atoms with Gasteiger partial charge in [0.25, 0.3) is 11.5 Å². The average Bonchev–Trinajstić information content (AvgIpc) is 2.73. The summed E-state index contributed by atoms with van der Waals surface area (Å²) in [5.74, 6) is -0.564. The van der Waals surface area contributed by atoms with Gasteiger partial charge in [0.15, 0.2) is 0 Å². The van der Waals surface area contributed by atoms with E-state index in [1.54, 1.807) is 43.3 Å². The summed E-state index contributed by atoms with van der Waals surface area (Å²) in [4.78, 5) is 43.0. The number of aromatic amines is 1. The quantitative estimate of drug-likeness (QED) is 0.666. The van der Waals surface area contributed by atoms with Crippen LogP contribution in [0.2, 0.25) is 0 Å². The van der Waals surface area contributed by atoms with Gasteiger partial charge in [-0.2, -0.15) is 0 Å². The van der Waals surface area contributed by atoms with Gasteiger partial charge in [0, 0.05) is 11.6 Å². The highest BCUT2D eigenvalue weighted by atomic mass is 16.5. The molecule has 2 N–H and O–H groups in total. The Kier molecular flexibility index (Phi) is 5.64. The van der Waals surface area contributed by atoms with E-state index < -0.39 is 17.4 Å². The normalized spacial score (nSPS) is 11.5. The summed E-state index contributed by atoms with van der Waals surface area (Å²) in [6.07, 6.45) is 0. The number of hydrogen-bond acceptors (Lipinski definition) is 5. The van der Waals surface area contributed by atoms with Gasteiger partial charge in [0.2, 0.25) is 0 Å². The molecular weight excluding hydrogens is 358 g/mol. The van der Waals surface area contributed by atoms with Gasteiger partial charge in [0.1, 0.15) is 11.5 Å². The Morgan fingerprint density at radius 3 is 2.39 bits per heavy atom. The van der Waals surface area contributed by atoms with Crippen molar-refractivity contribution in [3.8, 4) is 11.4 Å². The van der Waals surface area contributed by atoms with Gasteiger partial charge in [-0.15, -0.1) is 0 Å². The number of methoxy groups -OCH3 is 1. The fourth-order valence-corrected chi connectivity index (χ4v) is 2.69. The molecule has 3 rings (SSSR count). The van der Waals surface area contributed by atoms with Crippen LogP contribution in [0, 0.1) is 0 Å². The minimum Gasteiger partial charge on any atom is -0.465 e. The predicted octanol–water partition coefficient (Wildman–Crippen LogP) is 2.71. The van der Waals surface area contributed by atoms with Gasteiger partial charge in [-0.3, -0.25) is 9.59 Å². The second kappa shape index (κ2) is 8.30. The van der Waals surface area contributed by atoms with E-state index in [1.807, 2.05) is 18.2 Å². The molecule has 0 saturated carbocycles. The molecule has 0 fully saturated rings. The number of amides is 1. The topological polar surface area (TPSA) is 101 Å². The van der Waals surface area contributed by atoms with Crippen LogP contribution in [0.15, 0.2) is 65.5 Å². The minimum absolute atomic E-state index is 0.0284. The van der Waals surface area contributed by atoms with Crippen LogP contribution < -0.4 is 10.9 Å². The zero-order chi connectivity index (χ0) is 20.1. The van der Waals surface area contributed by atoms with E-state index in [9.17, 15) is 14.4 Å². The lowest BCUT2D eigenvalue weighted by molar-refractivity contribution is 0.0600. The highest BCUT2D eigenvalue weighted by molar-refractivity contribution is 5.93. The lowest BCUT2D eigenvalue weighted by Crippen LogP contribution is -2.29. The summed E-state index contributed by atoms with van der Waals surface area (Å²) >= 11 is 0. The van der Waals surface area contributed by atoms with Crippen LogP contribution in [0.5, 0.6) is 0 Å². The Balaban J connectivity index is 1.78. The van der Waals surface area contributed by atoms with Crippen LogP contribution in [0.1, 0.15) is 39.4 Å². The molecule has 1 heterocycles. The fourth-order valence-electron chi connectivity index (χ4n) is 2.69. The summed E-state index contributed by atoms with van der Waals surface area (Å²) < 4.78 is 4.67. The van der Waals surface area contributed by atoms with Crippen molar-refractivity contribution in [1.82, 2.24) is 15.3 Å².